The first-order valence-electron chi connectivity index (χ1n) is 39.2. The molecule has 6 atom stereocenters. The summed E-state index contributed by atoms with van der Waals surface area (Å²) in [6.45, 7) is 14.2. The summed E-state index contributed by atoms with van der Waals surface area (Å²) in [5.74, 6) is 0.938. The third-order valence-corrected chi connectivity index (χ3v) is 19.8. The van der Waals surface area contributed by atoms with E-state index in [1.807, 2.05) is 0 Å². The molecule has 0 aliphatic heterocycles. The standard InChI is InChI=1S/C76H148O17P2/c1-9-69(8)55-47-39-30-24-20-21-27-33-43-51-59-76(81)92-71(62-86-73(78)56-48-40-31-25-18-14-10-12-16-22-28-36-44-52-66(2)3)64-90-94(82,83)88-60-70(77)61-89-95(84,85)91-65-72(63-87-74(79)57-49-41-35-34-38-46-54-68(6)7)93-75(80)58-50-42-32-26-19-15-11-13-17-23-29-37-45-53-67(4)5/h66-72,77H,9-65H2,1-8H3,(H,82,83)(H,84,85)/t69?,70-,71-,72-/m1/s1. The highest BCUT2D eigenvalue weighted by atomic mass is 31.2. The molecule has 0 aromatic heterocycles. The van der Waals surface area contributed by atoms with Crippen LogP contribution in [0, 0.1) is 23.7 Å². The first-order chi connectivity index (χ1) is 45.6. The van der Waals surface area contributed by atoms with Crippen molar-refractivity contribution in [3.05, 3.63) is 0 Å². The van der Waals surface area contributed by atoms with E-state index < -0.39 is 97.5 Å². The minimum absolute atomic E-state index is 0.106. The molecule has 0 saturated heterocycles. The van der Waals surface area contributed by atoms with Crippen molar-refractivity contribution in [3.63, 3.8) is 0 Å². The van der Waals surface area contributed by atoms with Gasteiger partial charge < -0.3 is 33.8 Å². The molecule has 19 heteroatoms. The van der Waals surface area contributed by atoms with E-state index in [4.69, 9.17) is 37.0 Å². The van der Waals surface area contributed by atoms with Gasteiger partial charge in [0, 0.05) is 25.7 Å². The Balaban J connectivity index is 5.24. The monoisotopic (exact) mass is 1400 g/mol. The molecule has 0 rings (SSSR count). The highest BCUT2D eigenvalue weighted by Crippen LogP contribution is 2.45. The van der Waals surface area contributed by atoms with Gasteiger partial charge >= 0.3 is 39.5 Å². The van der Waals surface area contributed by atoms with E-state index in [9.17, 15) is 43.2 Å². The predicted molar refractivity (Wildman–Crippen MR) is 386 cm³/mol. The van der Waals surface area contributed by atoms with Crippen LogP contribution in [0.2, 0.25) is 0 Å². The number of aliphatic hydroxyl groups is 1. The first kappa shape index (κ1) is 93.1. The summed E-state index contributed by atoms with van der Waals surface area (Å²) in [7, 11) is -9.91. The largest absolute Gasteiger partial charge is 0.472 e. The van der Waals surface area contributed by atoms with Crippen molar-refractivity contribution in [2.24, 2.45) is 23.7 Å². The van der Waals surface area contributed by atoms with Crippen molar-refractivity contribution in [2.45, 2.75) is 401 Å². The Hall–Kier alpha value is -1.94. The van der Waals surface area contributed by atoms with Gasteiger partial charge in [-0.2, -0.15) is 0 Å². The number of hydrogen-bond donors (Lipinski definition) is 3. The second-order valence-electron chi connectivity index (χ2n) is 29.1. The maximum atomic E-state index is 13.1. The quantitative estimate of drug-likeness (QED) is 0.0222. The molecule has 3 unspecified atom stereocenters. The average Bonchev–Trinajstić information content (AvgIpc) is 1.95. The molecule has 0 aromatic carbocycles. The van der Waals surface area contributed by atoms with Crippen LogP contribution in [-0.4, -0.2) is 96.7 Å². The van der Waals surface area contributed by atoms with Crippen molar-refractivity contribution in [2.75, 3.05) is 39.6 Å². The zero-order valence-corrected chi connectivity index (χ0v) is 64.1. The van der Waals surface area contributed by atoms with Crippen LogP contribution < -0.4 is 0 Å². The van der Waals surface area contributed by atoms with Gasteiger partial charge in [-0.1, -0.05) is 331 Å². The Bertz CT molecular complexity index is 1870. The Labute approximate surface area is 581 Å². The third-order valence-electron chi connectivity index (χ3n) is 17.9. The van der Waals surface area contributed by atoms with E-state index >= 15 is 0 Å². The molecule has 0 spiro atoms. The third kappa shape index (κ3) is 69.0. The van der Waals surface area contributed by atoms with Gasteiger partial charge in [-0.15, -0.1) is 0 Å². The minimum atomic E-state index is -4.96. The fraction of sp³-hybridized carbons (Fsp3) is 0.947. The zero-order chi connectivity index (χ0) is 70.3. The van der Waals surface area contributed by atoms with E-state index in [0.717, 1.165) is 114 Å². The van der Waals surface area contributed by atoms with Crippen LogP contribution in [0.4, 0.5) is 0 Å². The van der Waals surface area contributed by atoms with E-state index in [-0.39, 0.29) is 25.7 Å². The van der Waals surface area contributed by atoms with Gasteiger partial charge in [-0.3, -0.25) is 37.3 Å². The topological polar surface area (TPSA) is 237 Å². The molecule has 0 amide bonds. The molecule has 0 fully saturated rings. The number of esters is 4. The number of rotatable bonds is 73. The summed E-state index contributed by atoms with van der Waals surface area (Å²) in [5.41, 5.74) is 0. The van der Waals surface area contributed by atoms with Crippen molar-refractivity contribution in [1.29, 1.82) is 0 Å². The normalized spacial score (nSPS) is 14.4. The van der Waals surface area contributed by atoms with Crippen molar-refractivity contribution in [3.8, 4) is 0 Å². The zero-order valence-electron chi connectivity index (χ0n) is 62.3. The molecule has 564 valence electrons. The van der Waals surface area contributed by atoms with Gasteiger partial charge in [0.15, 0.2) is 12.2 Å². The van der Waals surface area contributed by atoms with Gasteiger partial charge in [0.05, 0.1) is 26.4 Å². The van der Waals surface area contributed by atoms with E-state index in [0.29, 0.717) is 31.6 Å². The van der Waals surface area contributed by atoms with Gasteiger partial charge in [0.25, 0.3) is 0 Å². The number of ether oxygens (including phenoxy) is 4. The lowest BCUT2D eigenvalue weighted by molar-refractivity contribution is -0.161. The summed E-state index contributed by atoms with van der Waals surface area (Å²) in [5, 5.41) is 10.6. The molecule has 0 aliphatic carbocycles. The predicted octanol–water partition coefficient (Wildman–Crippen LogP) is 22.0. The Morgan fingerprint density at radius 2 is 0.505 bits per heavy atom. The number of phosphoric ester groups is 2. The number of unbranched alkanes of at least 4 members (excludes halogenated alkanes) is 38. The maximum absolute atomic E-state index is 13.1. The van der Waals surface area contributed by atoms with Crippen LogP contribution in [0.3, 0.4) is 0 Å². The maximum Gasteiger partial charge on any atom is 0.472 e. The van der Waals surface area contributed by atoms with Gasteiger partial charge in [-0.25, -0.2) is 9.13 Å². The number of hydrogen-bond acceptors (Lipinski definition) is 15. The molecule has 0 aromatic rings. The molecule has 0 bridgehead atoms. The molecule has 17 nitrogen and oxygen atoms in total. The molecule has 0 heterocycles. The van der Waals surface area contributed by atoms with Crippen LogP contribution in [0.1, 0.15) is 383 Å². The Morgan fingerprint density at radius 3 is 0.747 bits per heavy atom. The summed E-state index contributed by atoms with van der Waals surface area (Å²) in [6.07, 6.45) is 50.0. The summed E-state index contributed by atoms with van der Waals surface area (Å²) < 4.78 is 68.5. The fourth-order valence-corrected chi connectivity index (χ4v) is 13.1. The lowest BCUT2D eigenvalue weighted by Crippen LogP contribution is -2.30. The molecule has 3 N–H and O–H groups in total. The molecule has 0 aliphatic rings. The molecular formula is C76H148O17P2. The van der Waals surface area contributed by atoms with Crippen molar-refractivity contribution in [1.82, 2.24) is 0 Å². The SMILES string of the molecule is CCC(C)CCCCCCCCCCCCC(=O)O[C@H](COC(=O)CCCCCCCCCCCCCCCC(C)C)COP(=O)(O)OC[C@@H](O)COP(=O)(O)OC[C@@H](COC(=O)CCCCCCCCC(C)C)OC(=O)CCCCCCCCCCCCCCCC(C)C. The second kappa shape index (κ2) is 65.4. The summed E-state index contributed by atoms with van der Waals surface area (Å²) in [6, 6.07) is 0. The number of carbonyl (C=O) groups is 4. The fourth-order valence-electron chi connectivity index (χ4n) is 11.5. The highest BCUT2D eigenvalue weighted by Gasteiger charge is 2.30. The minimum Gasteiger partial charge on any atom is -0.462 e. The molecule has 0 saturated carbocycles. The second-order valence-corrected chi connectivity index (χ2v) is 32.0. The van der Waals surface area contributed by atoms with Gasteiger partial charge in [-0.05, 0) is 49.4 Å². The van der Waals surface area contributed by atoms with E-state index in [1.54, 1.807) is 0 Å². The van der Waals surface area contributed by atoms with Gasteiger partial charge in [0.2, 0.25) is 0 Å². The smallest absolute Gasteiger partial charge is 0.462 e. The van der Waals surface area contributed by atoms with Crippen LogP contribution in [0.25, 0.3) is 0 Å². The van der Waals surface area contributed by atoms with E-state index in [1.165, 1.54) is 180 Å². The number of aliphatic hydroxyl groups excluding tert-OH is 1. The Kier molecular flexibility index (Phi) is 64.0. The van der Waals surface area contributed by atoms with Crippen molar-refractivity contribution >= 4 is 39.5 Å². The molecular weight excluding hydrogens is 1250 g/mol. The van der Waals surface area contributed by atoms with Gasteiger partial charge in [0.1, 0.15) is 19.3 Å². The van der Waals surface area contributed by atoms with Crippen LogP contribution in [-0.2, 0) is 65.4 Å². The van der Waals surface area contributed by atoms with Crippen LogP contribution >= 0.6 is 15.6 Å². The van der Waals surface area contributed by atoms with Crippen LogP contribution in [0.5, 0.6) is 0 Å². The van der Waals surface area contributed by atoms with E-state index in [2.05, 4.69) is 55.4 Å². The summed E-state index contributed by atoms with van der Waals surface area (Å²) in [4.78, 5) is 72.8. The highest BCUT2D eigenvalue weighted by molar-refractivity contribution is 7.47. The number of carbonyl (C=O) groups excluding carboxylic acids is 4. The molecule has 95 heavy (non-hydrogen) atoms. The lowest BCUT2D eigenvalue weighted by Gasteiger charge is -2.21. The lowest BCUT2D eigenvalue weighted by atomic mass is 9.99. The van der Waals surface area contributed by atoms with Crippen LogP contribution in [0.15, 0.2) is 0 Å². The molecule has 0 radical (unpaired) electrons. The van der Waals surface area contributed by atoms with Crippen molar-refractivity contribution < 1.29 is 80.2 Å². The summed E-state index contributed by atoms with van der Waals surface area (Å²) >= 11 is 0. The number of phosphoric acid groups is 2. The Morgan fingerprint density at radius 1 is 0.295 bits per heavy atom. The average molecular weight is 1400 g/mol. The first-order valence-corrected chi connectivity index (χ1v) is 42.2.